The zero-order valence-electron chi connectivity index (χ0n) is 18.6. The smallest absolute Gasteiger partial charge is 0.253 e. The van der Waals surface area contributed by atoms with Gasteiger partial charge in [0.25, 0.3) is 5.91 Å². The number of guanidine groups is 1. The van der Waals surface area contributed by atoms with Gasteiger partial charge in [0.15, 0.2) is 5.96 Å². The van der Waals surface area contributed by atoms with Gasteiger partial charge in [-0.15, -0.1) is 0 Å². The molecule has 0 unspecified atom stereocenters. The van der Waals surface area contributed by atoms with E-state index in [1.165, 1.54) is 0 Å². The number of hydrogen-bond acceptors (Lipinski definition) is 2. The third-order valence-electron chi connectivity index (χ3n) is 4.87. The highest BCUT2D eigenvalue weighted by molar-refractivity contribution is 6.30. The molecule has 0 fully saturated rings. The zero-order chi connectivity index (χ0) is 22.1. The number of benzene rings is 2. The molecular weight excluding hydrogens is 396 g/mol. The molecule has 162 valence electrons. The van der Waals surface area contributed by atoms with Crippen molar-refractivity contribution in [1.82, 2.24) is 15.5 Å². The summed E-state index contributed by atoms with van der Waals surface area (Å²) in [6.07, 6.45) is 0.802. The molecule has 0 saturated carbocycles. The van der Waals surface area contributed by atoms with Crippen LogP contribution in [0.3, 0.4) is 0 Å². The molecule has 2 aromatic carbocycles. The largest absolute Gasteiger partial charge is 0.357 e. The van der Waals surface area contributed by atoms with Crippen molar-refractivity contribution in [1.29, 1.82) is 0 Å². The van der Waals surface area contributed by atoms with E-state index < -0.39 is 0 Å². The summed E-state index contributed by atoms with van der Waals surface area (Å²) in [6, 6.07) is 15.7. The number of amides is 1. The molecule has 0 aliphatic carbocycles. The van der Waals surface area contributed by atoms with E-state index in [-0.39, 0.29) is 11.3 Å². The quantitative estimate of drug-likeness (QED) is 0.491. The van der Waals surface area contributed by atoms with Gasteiger partial charge in [-0.1, -0.05) is 49.7 Å². The number of aliphatic imine (C=N–C) groups is 1. The number of rotatable bonds is 8. The average molecular weight is 429 g/mol. The molecule has 0 bridgehead atoms. The number of carbonyl (C=O) groups excluding carboxylic acids is 1. The maximum absolute atomic E-state index is 12.2. The standard InChI is InChI=1S/C24H33ClN4O/c1-6-26-23(28-17-24(2,3)20-11-8-12-21(25)16-20)27-14-13-18-9-7-10-19(15-18)22(30)29(4)5/h7-12,15-16H,6,13-14,17H2,1-5H3,(H2,26,27,28). The highest BCUT2D eigenvalue weighted by atomic mass is 35.5. The van der Waals surface area contributed by atoms with Gasteiger partial charge in [0.05, 0.1) is 6.54 Å². The van der Waals surface area contributed by atoms with Crippen LogP contribution in [0.5, 0.6) is 0 Å². The number of nitrogens with one attached hydrogen (secondary N) is 2. The Morgan fingerprint density at radius 2 is 1.83 bits per heavy atom. The van der Waals surface area contributed by atoms with Crippen molar-refractivity contribution in [2.75, 3.05) is 33.7 Å². The Hall–Kier alpha value is -2.53. The number of halogens is 1. The van der Waals surface area contributed by atoms with Gasteiger partial charge in [0, 0.05) is 43.2 Å². The second-order valence-corrected chi connectivity index (χ2v) is 8.60. The van der Waals surface area contributed by atoms with Crippen molar-refractivity contribution in [2.24, 2.45) is 4.99 Å². The van der Waals surface area contributed by atoms with Crippen molar-refractivity contribution in [3.8, 4) is 0 Å². The first-order valence-corrected chi connectivity index (χ1v) is 10.7. The van der Waals surface area contributed by atoms with E-state index in [9.17, 15) is 4.79 Å². The van der Waals surface area contributed by atoms with Crippen molar-refractivity contribution in [3.63, 3.8) is 0 Å². The van der Waals surface area contributed by atoms with Gasteiger partial charge in [-0.2, -0.15) is 0 Å². The summed E-state index contributed by atoms with van der Waals surface area (Å²) in [4.78, 5) is 18.5. The van der Waals surface area contributed by atoms with Gasteiger partial charge in [-0.05, 0) is 48.7 Å². The van der Waals surface area contributed by atoms with Crippen LogP contribution in [0.4, 0.5) is 0 Å². The van der Waals surface area contributed by atoms with Crippen molar-refractivity contribution in [3.05, 3.63) is 70.2 Å². The highest BCUT2D eigenvalue weighted by Crippen LogP contribution is 2.25. The lowest BCUT2D eigenvalue weighted by molar-refractivity contribution is 0.0827. The number of hydrogen-bond donors (Lipinski definition) is 2. The first-order valence-electron chi connectivity index (χ1n) is 10.3. The summed E-state index contributed by atoms with van der Waals surface area (Å²) in [5.41, 5.74) is 2.86. The lowest BCUT2D eigenvalue weighted by Gasteiger charge is -2.24. The second kappa shape index (κ2) is 11.0. The molecule has 0 atom stereocenters. The average Bonchev–Trinajstić information content (AvgIpc) is 2.71. The van der Waals surface area contributed by atoms with Crippen LogP contribution in [0.25, 0.3) is 0 Å². The van der Waals surface area contributed by atoms with Crippen LogP contribution in [-0.4, -0.2) is 50.5 Å². The lowest BCUT2D eigenvalue weighted by atomic mass is 9.85. The molecule has 0 radical (unpaired) electrons. The molecule has 0 heterocycles. The van der Waals surface area contributed by atoms with Crippen LogP contribution in [0, 0.1) is 0 Å². The molecule has 6 heteroatoms. The number of nitrogens with zero attached hydrogens (tertiary/aromatic N) is 2. The zero-order valence-corrected chi connectivity index (χ0v) is 19.4. The van der Waals surface area contributed by atoms with Crippen LogP contribution in [0.1, 0.15) is 42.3 Å². The van der Waals surface area contributed by atoms with Crippen LogP contribution in [0.15, 0.2) is 53.5 Å². The lowest BCUT2D eigenvalue weighted by Crippen LogP contribution is -2.39. The van der Waals surface area contributed by atoms with Gasteiger partial charge in [-0.25, -0.2) is 0 Å². The summed E-state index contributed by atoms with van der Waals surface area (Å²) >= 11 is 6.15. The number of carbonyl (C=O) groups is 1. The van der Waals surface area contributed by atoms with Gasteiger partial charge < -0.3 is 15.5 Å². The normalized spacial score (nSPS) is 11.9. The van der Waals surface area contributed by atoms with E-state index in [2.05, 4.69) is 37.5 Å². The Morgan fingerprint density at radius 1 is 1.10 bits per heavy atom. The summed E-state index contributed by atoms with van der Waals surface area (Å²) in [7, 11) is 3.53. The molecule has 0 saturated heterocycles. The van der Waals surface area contributed by atoms with E-state index >= 15 is 0 Å². The molecule has 2 aromatic rings. The van der Waals surface area contributed by atoms with Crippen molar-refractivity contribution in [2.45, 2.75) is 32.6 Å². The SMILES string of the molecule is CCNC(=NCC(C)(C)c1cccc(Cl)c1)NCCc1cccc(C(=O)N(C)C)c1. The minimum atomic E-state index is -0.131. The first kappa shape index (κ1) is 23.7. The molecular formula is C24H33ClN4O. The maximum Gasteiger partial charge on any atom is 0.253 e. The topological polar surface area (TPSA) is 56.7 Å². The minimum absolute atomic E-state index is 0.0166. The molecule has 2 rings (SSSR count). The summed E-state index contributed by atoms with van der Waals surface area (Å²) < 4.78 is 0. The maximum atomic E-state index is 12.2. The van der Waals surface area contributed by atoms with Gasteiger partial charge in [0.2, 0.25) is 0 Å². The van der Waals surface area contributed by atoms with E-state index in [1.54, 1.807) is 19.0 Å². The molecule has 0 spiro atoms. The third-order valence-corrected chi connectivity index (χ3v) is 5.10. The predicted octanol–water partition coefficient (Wildman–Crippen LogP) is 4.12. The molecule has 2 N–H and O–H groups in total. The summed E-state index contributed by atoms with van der Waals surface area (Å²) in [5.74, 6) is 0.802. The van der Waals surface area contributed by atoms with Gasteiger partial charge >= 0.3 is 0 Å². The molecule has 0 aliphatic heterocycles. The Kier molecular flexibility index (Phi) is 8.72. The second-order valence-electron chi connectivity index (χ2n) is 8.17. The first-order chi connectivity index (χ1) is 14.2. The van der Waals surface area contributed by atoms with Crippen LogP contribution in [-0.2, 0) is 11.8 Å². The summed E-state index contributed by atoms with van der Waals surface area (Å²) in [6.45, 7) is 8.53. The molecule has 5 nitrogen and oxygen atoms in total. The predicted molar refractivity (Wildman–Crippen MR) is 127 cm³/mol. The monoisotopic (exact) mass is 428 g/mol. The third kappa shape index (κ3) is 7.06. The Bertz CT molecular complexity index is 877. The fourth-order valence-electron chi connectivity index (χ4n) is 3.06. The van der Waals surface area contributed by atoms with E-state index in [1.807, 2.05) is 42.5 Å². The molecule has 0 aromatic heterocycles. The van der Waals surface area contributed by atoms with Crippen LogP contribution in [0.2, 0.25) is 5.02 Å². The Labute approximate surface area is 185 Å². The van der Waals surface area contributed by atoms with Crippen LogP contribution < -0.4 is 10.6 Å². The fourth-order valence-corrected chi connectivity index (χ4v) is 3.25. The van der Waals surface area contributed by atoms with E-state index in [0.29, 0.717) is 12.1 Å². The highest BCUT2D eigenvalue weighted by Gasteiger charge is 2.20. The van der Waals surface area contributed by atoms with Crippen LogP contribution >= 0.6 is 11.6 Å². The Morgan fingerprint density at radius 3 is 2.50 bits per heavy atom. The fraction of sp³-hybridized carbons (Fsp3) is 0.417. The Balaban J connectivity index is 1.99. The van der Waals surface area contributed by atoms with E-state index in [0.717, 1.165) is 41.6 Å². The van der Waals surface area contributed by atoms with Gasteiger partial charge in [0.1, 0.15) is 0 Å². The minimum Gasteiger partial charge on any atom is -0.357 e. The molecule has 0 aliphatic rings. The molecule has 30 heavy (non-hydrogen) atoms. The van der Waals surface area contributed by atoms with Gasteiger partial charge in [-0.3, -0.25) is 9.79 Å². The molecule has 1 amide bonds. The van der Waals surface area contributed by atoms with Crippen molar-refractivity contribution >= 4 is 23.5 Å². The van der Waals surface area contributed by atoms with Crippen molar-refractivity contribution < 1.29 is 4.79 Å². The van der Waals surface area contributed by atoms with E-state index in [4.69, 9.17) is 16.6 Å². The summed E-state index contributed by atoms with van der Waals surface area (Å²) in [5, 5.41) is 7.43.